The van der Waals surface area contributed by atoms with Crippen molar-refractivity contribution in [1.82, 2.24) is 10.6 Å². The average molecular weight is 759 g/mol. The Morgan fingerprint density at radius 1 is 0.691 bits per heavy atom. The van der Waals surface area contributed by atoms with Crippen molar-refractivity contribution >= 4 is 56.8 Å². The Morgan fingerprint density at radius 2 is 1.20 bits per heavy atom. The number of carbonyl (C=O) groups is 4. The maximum absolute atomic E-state index is 13.6. The van der Waals surface area contributed by atoms with E-state index in [4.69, 9.17) is 20.3 Å². The SMILES string of the molecule is CCN(CC)c1ccc2cc(C(=O)NCCCC[C@H](CC(=O)[C@H](CCCCN)NC(=O)c3cc4ccc(N(CC)CC)cc4oc3=O)C(N)=O)c(=O)oc2c1. The molecule has 55 heavy (non-hydrogen) atoms. The van der Waals surface area contributed by atoms with Crippen LogP contribution in [0.4, 0.5) is 11.4 Å². The molecular weight excluding hydrogens is 704 g/mol. The molecule has 14 heteroatoms. The van der Waals surface area contributed by atoms with Gasteiger partial charge in [-0.1, -0.05) is 6.42 Å². The molecule has 0 radical (unpaired) electrons. The van der Waals surface area contributed by atoms with Crippen molar-refractivity contribution in [2.75, 3.05) is 49.1 Å². The van der Waals surface area contributed by atoms with Crippen LogP contribution in [0.3, 0.4) is 0 Å². The summed E-state index contributed by atoms with van der Waals surface area (Å²) in [4.78, 5) is 82.1. The van der Waals surface area contributed by atoms with Crippen LogP contribution in [-0.4, -0.2) is 68.8 Å². The van der Waals surface area contributed by atoms with Crippen LogP contribution in [0, 0.1) is 5.92 Å². The van der Waals surface area contributed by atoms with Crippen LogP contribution in [0.15, 0.2) is 67.0 Å². The molecule has 0 bridgehead atoms. The third-order valence-corrected chi connectivity index (χ3v) is 9.94. The van der Waals surface area contributed by atoms with Gasteiger partial charge in [-0.2, -0.15) is 0 Å². The predicted octanol–water partition coefficient (Wildman–Crippen LogP) is 4.48. The lowest BCUT2D eigenvalue weighted by molar-refractivity contribution is -0.128. The summed E-state index contributed by atoms with van der Waals surface area (Å²) in [6.45, 7) is 11.8. The van der Waals surface area contributed by atoms with Crippen LogP contribution in [-0.2, 0) is 9.59 Å². The van der Waals surface area contributed by atoms with E-state index in [1.165, 1.54) is 12.1 Å². The van der Waals surface area contributed by atoms with Gasteiger partial charge in [-0.3, -0.25) is 19.2 Å². The Balaban J connectivity index is 1.35. The minimum Gasteiger partial charge on any atom is -0.422 e. The van der Waals surface area contributed by atoms with E-state index >= 15 is 0 Å². The lowest BCUT2D eigenvalue weighted by Gasteiger charge is -2.21. The second-order valence-corrected chi connectivity index (χ2v) is 13.5. The molecule has 0 saturated carbocycles. The largest absolute Gasteiger partial charge is 0.422 e. The Morgan fingerprint density at radius 3 is 1.69 bits per heavy atom. The van der Waals surface area contributed by atoms with Gasteiger partial charge < -0.3 is 40.7 Å². The standard InChI is InChI=1S/C41H54N6O8/c1-5-46(6-2)29-17-15-26-21-31(40(52)54-35(26)24-29)38(50)44-20-12-10-13-28(37(43)49)23-34(48)33(14-9-11-19-42)45-39(51)32-22-27-16-18-30(47(7-3)8-4)25-36(27)55-41(32)53/h15-18,21-22,24-25,28,33H,5-14,19-20,23,42H2,1-4H3,(H2,43,49)(H,44,50)(H,45,51)/t28-,33+/m1/s1. The molecule has 296 valence electrons. The molecule has 2 heterocycles. The second-order valence-electron chi connectivity index (χ2n) is 13.5. The molecule has 4 rings (SSSR count). The van der Waals surface area contributed by atoms with Crippen LogP contribution in [0.1, 0.15) is 93.4 Å². The van der Waals surface area contributed by atoms with Crippen molar-refractivity contribution in [3.63, 3.8) is 0 Å². The van der Waals surface area contributed by atoms with E-state index in [9.17, 15) is 28.8 Å². The highest BCUT2D eigenvalue weighted by Gasteiger charge is 2.28. The predicted molar refractivity (Wildman–Crippen MR) is 215 cm³/mol. The Kier molecular flexibility index (Phi) is 15.6. The number of ketones is 1. The number of nitrogens with zero attached hydrogens (tertiary/aromatic N) is 2. The molecule has 0 spiro atoms. The summed E-state index contributed by atoms with van der Waals surface area (Å²) in [6.07, 6.45) is 2.32. The van der Waals surface area contributed by atoms with Crippen molar-refractivity contribution in [2.24, 2.45) is 17.4 Å². The van der Waals surface area contributed by atoms with Gasteiger partial charge >= 0.3 is 11.3 Å². The summed E-state index contributed by atoms with van der Waals surface area (Å²) in [7, 11) is 0. The quantitative estimate of drug-likeness (QED) is 0.0648. The number of anilines is 2. The number of benzene rings is 2. The third-order valence-electron chi connectivity index (χ3n) is 9.94. The highest BCUT2D eigenvalue weighted by Crippen LogP contribution is 2.24. The van der Waals surface area contributed by atoms with E-state index < -0.39 is 46.7 Å². The van der Waals surface area contributed by atoms with E-state index in [0.29, 0.717) is 54.2 Å². The average Bonchev–Trinajstić information content (AvgIpc) is 3.16. The summed E-state index contributed by atoms with van der Waals surface area (Å²) in [5, 5.41) is 6.60. The van der Waals surface area contributed by atoms with E-state index in [0.717, 1.165) is 37.6 Å². The number of nitrogens with one attached hydrogen (secondary N) is 2. The van der Waals surface area contributed by atoms with Gasteiger partial charge in [0.1, 0.15) is 22.3 Å². The van der Waals surface area contributed by atoms with E-state index in [1.807, 2.05) is 45.9 Å². The summed E-state index contributed by atoms with van der Waals surface area (Å²) >= 11 is 0. The first-order valence-electron chi connectivity index (χ1n) is 19.2. The summed E-state index contributed by atoms with van der Waals surface area (Å²) < 4.78 is 11.0. The Labute approximate surface area is 320 Å². The first kappa shape index (κ1) is 42.2. The fraction of sp³-hybridized carbons (Fsp3) is 0.463. The van der Waals surface area contributed by atoms with Gasteiger partial charge in [-0.15, -0.1) is 0 Å². The molecule has 0 saturated heterocycles. The molecular formula is C41H54N6O8. The minimum atomic E-state index is -0.988. The highest BCUT2D eigenvalue weighted by atomic mass is 16.4. The van der Waals surface area contributed by atoms with E-state index in [1.54, 1.807) is 18.2 Å². The van der Waals surface area contributed by atoms with Crippen molar-refractivity contribution in [1.29, 1.82) is 0 Å². The number of carbonyl (C=O) groups excluding carboxylic acids is 4. The van der Waals surface area contributed by atoms with Crippen LogP contribution in [0.2, 0.25) is 0 Å². The zero-order valence-electron chi connectivity index (χ0n) is 32.3. The zero-order valence-corrected chi connectivity index (χ0v) is 32.3. The molecule has 2 aromatic carbocycles. The zero-order chi connectivity index (χ0) is 40.1. The van der Waals surface area contributed by atoms with Crippen LogP contribution in [0.5, 0.6) is 0 Å². The van der Waals surface area contributed by atoms with Gasteiger partial charge in [0.25, 0.3) is 11.8 Å². The van der Waals surface area contributed by atoms with Crippen molar-refractivity contribution < 1.29 is 28.0 Å². The van der Waals surface area contributed by atoms with Gasteiger partial charge in [0.2, 0.25) is 5.91 Å². The molecule has 0 unspecified atom stereocenters. The summed E-state index contributed by atoms with van der Waals surface area (Å²) in [6, 6.07) is 12.9. The first-order chi connectivity index (χ1) is 26.4. The van der Waals surface area contributed by atoms with Crippen LogP contribution >= 0.6 is 0 Å². The number of nitrogens with two attached hydrogens (primary N) is 2. The van der Waals surface area contributed by atoms with Crippen LogP contribution < -0.4 is 43.2 Å². The molecule has 0 aliphatic heterocycles. The number of hydrogen-bond acceptors (Lipinski definition) is 11. The number of amides is 3. The molecule has 2 aromatic heterocycles. The van der Waals surface area contributed by atoms with Gasteiger partial charge in [0, 0.05) is 79.3 Å². The van der Waals surface area contributed by atoms with E-state index in [-0.39, 0.29) is 36.9 Å². The number of rotatable bonds is 22. The summed E-state index contributed by atoms with van der Waals surface area (Å²) in [5.74, 6) is -3.22. The lowest BCUT2D eigenvalue weighted by atomic mass is 9.91. The number of unbranched alkanes of at least 4 members (excludes halogenated alkanes) is 2. The first-order valence-corrected chi connectivity index (χ1v) is 19.2. The molecule has 3 amide bonds. The molecule has 0 aliphatic carbocycles. The number of fused-ring (bicyclic) bond motifs is 2. The molecule has 6 N–H and O–H groups in total. The molecule has 4 aromatic rings. The Hall–Kier alpha value is -5.50. The van der Waals surface area contributed by atoms with Gasteiger partial charge in [-0.25, -0.2) is 9.59 Å². The normalized spacial score (nSPS) is 12.3. The summed E-state index contributed by atoms with van der Waals surface area (Å²) in [5.41, 5.74) is 12.0. The Bertz CT molecular complexity index is 2090. The van der Waals surface area contributed by atoms with Gasteiger partial charge in [0.15, 0.2) is 5.78 Å². The van der Waals surface area contributed by atoms with Gasteiger partial charge in [-0.05, 0) is 103 Å². The maximum Gasteiger partial charge on any atom is 0.349 e. The molecule has 14 nitrogen and oxygen atoms in total. The van der Waals surface area contributed by atoms with Crippen LogP contribution in [0.25, 0.3) is 21.9 Å². The topological polar surface area (TPSA) is 211 Å². The van der Waals surface area contributed by atoms with Crippen molar-refractivity contribution in [3.05, 3.63) is 80.5 Å². The smallest absolute Gasteiger partial charge is 0.349 e. The van der Waals surface area contributed by atoms with Gasteiger partial charge in [0.05, 0.1) is 6.04 Å². The molecule has 0 fully saturated rings. The number of hydrogen-bond donors (Lipinski definition) is 4. The van der Waals surface area contributed by atoms with E-state index in [2.05, 4.69) is 20.4 Å². The monoisotopic (exact) mass is 758 g/mol. The highest BCUT2D eigenvalue weighted by molar-refractivity contribution is 6.00. The molecule has 2 atom stereocenters. The van der Waals surface area contributed by atoms with Crippen molar-refractivity contribution in [2.45, 2.75) is 78.7 Å². The fourth-order valence-corrected chi connectivity index (χ4v) is 6.67. The molecule has 0 aliphatic rings. The fourth-order valence-electron chi connectivity index (χ4n) is 6.67. The lowest BCUT2D eigenvalue weighted by Crippen LogP contribution is -2.43. The number of Topliss-reactive ketones (excluding diaryl/α,β-unsaturated/α-hetero) is 1. The minimum absolute atomic E-state index is 0.114. The number of primary amides is 1. The van der Waals surface area contributed by atoms with Crippen molar-refractivity contribution in [3.8, 4) is 0 Å². The third kappa shape index (κ3) is 11.0. The maximum atomic E-state index is 13.6. The second kappa shape index (κ2) is 20.3.